The van der Waals surface area contributed by atoms with Gasteiger partial charge in [-0.25, -0.2) is 8.96 Å². The summed E-state index contributed by atoms with van der Waals surface area (Å²) >= 11 is 0. The monoisotopic (exact) mass is 261 g/mol. The molecular formula is C11H17FNO3P. The van der Waals surface area contributed by atoms with Gasteiger partial charge in [0.25, 0.3) is 0 Å². The second-order valence-electron chi connectivity index (χ2n) is 3.43. The fraction of sp³-hybridized carbons (Fsp3) is 0.455. The Kier molecular flexibility index (Phi) is 5.12. The van der Waals surface area contributed by atoms with Crippen molar-refractivity contribution in [2.24, 2.45) is 0 Å². The Morgan fingerprint density at radius 3 is 2.35 bits per heavy atom. The van der Waals surface area contributed by atoms with Gasteiger partial charge in [0.05, 0.1) is 18.9 Å². The van der Waals surface area contributed by atoms with Crippen molar-refractivity contribution in [1.82, 2.24) is 0 Å². The fourth-order valence-electron chi connectivity index (χ4n) is 1.30. The molecule has 1 rings (SSSR count). The zero-order valence-corrected chi connectivity index (χ0v) is 11.1. The first kappa shape index (κ1) is 14.2. The smallest absolute Gasteiger partial charge is 0.293 e. The molecule has 0 aliphatic rings. The van der Waals surface area contributed by atoms with E-state index in [0.717, 1.165) is 5.56 Å². The van der Waals surface area contributed by atoms with Crippen molar-refractivity contribution in [2.45, 2.75) is 20.8 Å². The minimum absolute atomic E-state index is 0.112. The number of aryl methyl sites for hydroxylation is 1. The molecule has 0 aromatic heterocycles. The van der Waals surface area contributed by atoms with Gasteiger partial charge in [-0.2, -0.15) is 0 Å². The molecule has 0 spiro atoms. The average Bonchev–Trinajstić information content (AvgIpc) is 2.23. The van der Waals surface area contributed by atoms with Crippen molar-refractivity contribution in [3.8, 4) is 0 Å². The van der Waals surface area contributed by atoms with Crippen LogP contribution in [0.25, 0.3) is 0 Å². The lowest BCUT2D eigenvalue weighted by atomic mass is 10.2. The van der Waals surface area contributed by atoms with Gasteiger partial charge < -0.3 is 0 Å². The predicted octanol–water partition coefficient (Wildman–Crippen LogP) is 3.73. The van der Waals surface area contributed by atoms with E-state index in [9.17, 15) is 8.96 Å². The number of hydrogen-bond donors (Lipinski definition) is 1. The summed E-state index contributed by atoms with van der Waals surface area (Å²) < 4.78 is 35.7. The molecule has 0 atom stereocenters. The third-order valence-corrected chi connectivity index (χ3v) is 3.69. The molecule has 0 aliphatic carbocycles. The normalized spacial score (nSPS) is 11.5. The Bertz CT molecular complexity index is 415. The number of benzene rings is 1. The summed E-state index contributed by atoms with van der Waals surface area (Å²) in [5.74, 6) is -0.482. The van der Waals surface area contributed by atoms with Gasteiger partial charge in [-0.1, -0.05) is 6.07 Å². The molecule has 4 nitrogen and oxygen atoms in total. The number of hydrogen-bond acceptors (Lipinski definition) is 3. The Morgan fingerprint density at radius 2 is 1.88 bits per heavy atom. The molecule has 0 fully saturated rings. The number of anilines is 1. The van der Waals surface area contributed by atoms with Gasteiger partial charge >= 0.3 is 7.75 Å². The van der Waals surface area contributed by atoms with Gasteiger partial charge in [0, 0.05) is 0 Å². The van der Waals surface area contributed by atoms with Crippen LogP contribution in [0.15, 0.2) is 18.2 Å². The van der Waals surface area contributed by atoms with E-state index in [1.165, 1.54) is 12.1 Å². The molecule has 96 valence electrons. The zero-order chi connectivity index (χ0) is 12.9. The predicted molar refractivity (Wildman–Crippen MR) is 65.6 cm³/mol. The quantitative estimate of drug-likeness (QED) is 0.793. The van der Waals surface area contributed by atoms with Crippen molar-refractivity contribution in [3.63, 3.8) is 0 Å². The first-order chi connectivity index (χ1) is 8.00. The SMILES string of the molecule is CCOP(=O)(Nc1ccc(C)cc1F)OCC. The molecule has 6 heteroatoms. The van der Waals surface area contributed by atoms with Crippen LogP contribution in [0.4, 0.5) is 10.1 Å². The fourth-order valence-corrected chi connectivity index (χ4v) is 2.66. The molecule has 1 N–H and O–H groups in total. The Balaban J connectivity index is 2.89. The molecule has 1 aromatic carbocycles. The molecule has 0 radical (unpaired) electrons. The van der Waals surface area contributed by atoms with E-state index in [1.54, 1.807) is 26.8 Å². The van der Waals surface area contributed by atoms with Crippen molar-refractivity contribution in [3.05, 3.63) is 29.6 Å². The van der Waals surface area contributed by atoms with Crippen LogP contribution >= 0.6 is 7.75 Å². The molecule has 17 heavy (non-hydrogen) atoms. The molecule has 0 aliphatic heterocycles. The summed E-state index contributed by atoms with van der Waals surface area (Å²) in [6.45, 7) is 5.60. The van der Waals surface area contributed by atoms with Crippen molar-refractivity contribution in [1.29, 1.82) is 0 Å². The molecule has 0 amide bonds. The number of halogens is 1. The molecule has 0 saturated heterocycles. The second-order valence-corrected chi connectivity index (χ2v) is 5.16. The molecule has 1 aromatic rings. The van der Waals surface area contributed by atoms with Gasteiger partial charge in [-0.3, -0.25) is 14.1 Å². The van der Waals surface area contributed by atoms with E-state index >= 15 is 0 Å². The first-order valence-corrected chi connectivity index (χ1v) is 6.98. The largest absolute Gasteiger partial charge is 0.432 e. The maximum Gasteiger partial charge on any atom is 0.432 e. The average molecular weight is 261 g/mol. The summed E-state index contributed by atoms with van der Waals surface area (Å²) in [5.41, 5.74) is 0.900. The van der Waals surface area contributed by atoms with Crippen molar-refractivity contribution >= 4 is 13.4 Å². The van der Waals surface area contributed by atoms with Gasteiger partial charge in [-0.15, -0.1) is 0 Å². The lowest BCUT2D eigenvalue weighted by molar-refractivity contribution is 0.225. The number of nitrogens with one attached hydrogen (secondary N) is 1. The highest BCUT2D eigenvalue weighted by Gasteiger charge is 2.24. The molecule has 0 bridgehead atoms. The summed E-state index contributed by atoms with van der Waals surface area (Å²) in [4.78, 5) is 0. The molecule has 0 heterocycles. The van der Waals surface area contributed by atoms with Crippen LogP contribution in [0.3, 0.4) is 0 Å². The first-order valence-electron chi connectivity index (χ1n) is 5.44. The van der Waals surface area contributed by atoms with E-state index in [1.807, 2.05) is 0 Å². The summed E-state index contributed by atoms with van der Waals surface area (Å²) in [5, 5.41) is 2.49. The third kappa shape index (κ3) is 4.11. The van der Waals surface area contributed by atoms with E-state index in [-0.39, 0.29) is 18.9 Å². The topological polar surface area (TPSA) is 47.6 Å². The molecular weight excluding hydrogens is 244 g/mol. The maximum atomic E-state index is 13.6. The van der Waals surface area contributed by atoms with Crippen LogP contribution < -0.4 is 5.09 Å². The Morgan fingerprint density at radius 1 is 1.29 bits per heavy atom. The van der Waals surface area contributed by atoms with E-state index in [0.29, 0.717) is 0 Å². The van der Waals surface area contributed by atoms with Crippen LogP contribution in [0.1, 0.15) is 19.4 Å². The highest BCUT2D eigenvalue weighted by molar-refractivity contribution is 7.55. The van der Waals surface area contributed by atoms with Crippen LogP contribution in [-0.4, -0.2) is 13.2 Å². The molecule has 0 saturated carbocycles. The van der Waals surface area contributed by atoms with E-state index < -0.39 is 13.6 Å². The van der Waals surface area contributed by atoms with Gasteiger partial charge in [0.2, 0.25) is 0 Å². The lowest BCUT2D eigenvalue weighted by Gasteiger charge is -2.18. The highest BCUT2D eigenvalue weighted by atomic mass is 31.2. The van der Waals surface area contributed by atoms with Crippen molar-refractivity contribution < 1.29 is 18.0 Å². The number of rotatable bonds is 6. The zero-order valence-electron chi connectivity index (χ0n) is 10.2. The summed E-state index contributed by atoms with van der Waals surface area (Å²) in [6, 6.07) is 4.58. The Labute approximate surface area is 101 Å². The van der Waals surface area contributed by atoms with Crippen LogP contribution in [-0.2, 0) is 13.6 Å². The van der Waals surface area contributed by atoms with Crippen molar-refractivity contribution in [2.75, 3.05) is 18.3 Å². The summed E-state index contributed by atoms with van der Waals surface area (Å²) in [6.07, 6.45) is 0. The van der Waals surface area contributed by atoms with E-state index in [4.69, 9.17) is 9.05 Å². The second kappa shape index (κ2) is 6.15. The maximum absolute atomic E-state index is 13.6. The Hall–Kier alpha value is -0.900. The standard InChI is InChI=1S/C11H17FNO3P/c1-4-15-17(14,16-5-2)13-11-7-6-9(3)8-10(11)12/h6-8H,4-5H2,1-3H3,(H,13,14). The molecule has 0 unspecified atom stereocenters. The van der Waals surface area contributed by atoms with Crippen LogP contribution in [0.5, 0.6) is 0 Å². The minimum atomic E-state index is -3.47. The van der Waals surface area contributed by atoms with Crippen LogP contribution in [0.2, 0.25) is 0 Å². The summed E-state index contributed by atoms with van der Waals surface area (Å²) in [7, 11) is -3.47. The minimum Gasteiger partial charge on any atom is -0.293 e. The highest BCUT2D eigenvalue weighted by Crippen LogP contribution is 2.48. The van der Waals surface area contributed by atoms with Gasteiger partial charge in [0.15, 0.2) is 0 Å². The lowest BCUT2D eigenvalue weighted by Crippen LogP contribution is -2.06. The van der Waals surface area contributed by atoms with Crippen LogP contribution in [0, 0.1) is 12.7 Å². The van der Waals surface area contributed by atoms with Gasteiger partial charge in [0.1, 0.15) is 5.82 Å². The van der Waals surface area contributed by atoms with Gasteiger partial charge in [-0.05, 0) is 38.5 Å². The third-order valence-electron chi connectivity index (χ3n) is 1.98. The van der Waals surface area contributed by atoms with E-state index in [2.05, 4.69) is 5.09 Å².